The minimum Gasteiger partial charge on any atom is -0.494 e. The van der Waals surface area contributed by atoms with Crippen molar-refractivity contribution in [2.24, 2.45) is 0 Å². The molecule has 2 amide bonds. The number of aryl methyl sites for hydroxylation is 1. The van der Waals surface area contributed by atoms with Crippen molar-refractivity contribution in [2.75, 3.05) is 11.9 Å². The summed E-state index contributed by atoms with van der Waals surface area (Å²) in [5, 5.41) is 10.8. The van der Waals surface area contributed by atoms with Crippen LogP contribution in [0.3, 0.4) is 0 Å². The van der Waals surface area contributed by atoms with Gasteiger partial charge in [-0.1, -0.05) is 55.5 Å². The number of carbonyl (C=O) groups excluding carboxylic acids is 2. The molecule has 0 saturated carbocycles. The highest BCUT2D eigenvalue weighted by Gasteiger charge is 2.41. The van der Waals surface area contributed by atoms with Gasteiger partial charge in [0.1, 0.15) is 17.6 Å². The Kier molecular flexibility index (Phi) is 6.54. The van der Waals surface area contributed by atoms with Crippen LogP contribution in [0.2, 0.25) is 0 Å². The Morgan fingerprint density at radius 1 is 1.00 bits per heavy atom. The van der Waals surface area contributed by atoms with Gasteiger partial charge in [0.05, 0.1) is 18.0 Å². The van der Waals surface area contributed by atoms with E-state index in [4.69, 9.17) is 9.84 Å². The zero-order chi connectivity index (χ0) is 25.1. The topological polar surface area (TPSA) is 85.2 Å². The largest absolute Gasteiger partial charge is 0.494 e. The van der Waals surface area contributed by atoms with E-state index in [1.165, 1.54) is 0 Å². The van der Waals surface area contributed by atoms with Crippen LogP contribution in [0.25, 0.3) is 5.69 Å². The smallest absolute Gasteiger partial charge is 0.251 e. The number of hydrogen-bond acceptors (Lipinski definition) is 4. The Hall–Kier alpha value is -4.39. The quantitative estimate of drug-likeness (QED) is 0.396. The van der Waals surface area contributed by atoms with Crippen molar-refractivity contribution < 1.29 is 14.3 Å². The highest BCUT2D eigenvalue weighted by Crippen LogP contribution is 2.41. The van der Waals surface area contributed by atoms with Gasteiger partial charge in [-0.05, 0) is 55.3 Å². The highest BCUT2D eigenvalue weighted by atomic mass is 16.5. The molecular formula is C29H28N4O3. The number of rotatable bonds is 7. The van der Waals surface area contributed by atoms with Gasteiger partial charge in [0.2, 0.25) is 5.91 Å². The number of fused-ring (bicyclic) bond motifs is 1. The van der Waals surface area contributed by atoms with Gasteiger partial charge in [0, 0.05) is 17.0 Å². The molecule has 2 N–H and O–H groups in total. The van der Waals surface area contributed by atoms with E-state index >= 15 is 0 Å². The first-order chi connectivity index (χ1) is 17.6. The number of aromatic nitrogens is 2. The summed E-state index contributed by atoms with van der Waals surface area (Å²) in [6.07, 6.45) is 0.916. The molecule has 1 aliphatic rings. The molecule has 0 bridgehead atoms. The van der Waals surface area contributed by atoms with Crippen LogP contribution in [-0.2, 0) is 4.79 Å². The average molecular weight is 481 g/mol. The molecule has 0 radical (unpaired) electrons. The van der Waals surface area contributed by atoms with Crippen molar-refractivity contribution in [3.63, 3.8) is 0 Å². The summed E-state index contributed by atoms with van der Waals surface area (Å²) in [6.45, 7) is 4.62. The van der Waals surface area contributed by atoms with Gasteiger partial charge in [0.25, 0.3) is 5.91 Å². The number of hydrogen-bond donors (Lipinski definition) is 2. The van der Waals surface area contributed by atoms with Gasteiger partial charge in [-0.2, -0.15) is 5.10 Å². The Labute approximate surface area is 210 Å². The van der Waals surface area contributed by atoms with Gasteiger partial charge in [-0.25, -0.2) is 4.68 Å². The van der Waals surface area contributed by atoms with Gasteiger partial charge in [-0.15, -0.1) is 0 Å². The number of benzene rings is 3. The molecule has 1 aliphatic heterocycles. The molecule has 5 rings (SSSR count). The molecule has 3 aromatic carbocycles. The normalized spacial score (nSPS) is 16.7. The first-order valence-electron chi connectivity index (χ1n) is 12.1. The molecule has 0 saturated heterocycles. The maximum atomic E-state index is 13.5. The SMILES string of the molecule is CCCOc1ccc([C@@H]2c3c(C)nn(-c4ccccc4)c3NC(=O)[C@H]2NC(=O)c2ccccc2)cc1. The van der Waals surface area contributed by atoms with E-state index in [2.05, 4.69) is 17.6 Å². The average Bonchev–Trinajstić information content (AvgIpc) is 3.24. The Morgan fingerprint density at radius 3 is 2.33 bits per heavy atom. The second kappa shape index (κ2) is 10.1. The third-order valence-electron chi connectivity index (χ3n) is 6.31. The van der Waals surface area contributed by atoms with Crippen LogP contribution in [-0.4, -0.2) is 34.2 Å². The summed E-state index contributed by atoms with van der Waals surface area (Å²) in [5.41, 5.74) is 3.89. The second-order valence-electron chi connectivity index (χ2n) is 8.80. The number of ether oxygens (including phenoxy) is 1. The molecule has 1 aromatic heterocycles. The molecule has 4 aromatic rings. The van der Waals surface area contributed by atoms with E-state index in [-0.39, 0.29) is 11.8 Å². The standard InChI is InChI=1S/C29H28N4O3/c1-3-18-36-23-16-14-20(15-17-23)25-24-19(2)32-33(22-12-8-5-9-13-22)27(24)31-29(35)26(25)30-28(34)21-10-6-4-7-11-21/h4-17,25-26H,3,18H2,1-2H3,(H,30,34)(H,31,35)/t25-,26+/m1/s1. The van der Waals surface area contributed by atoms with Crippen molar-refractivity contribution in [3.8, 4) is 11.4 Å². The summed E-state index contributed by atoms with van der Waals surface area (Å²) in [5.74, 6) is 0.354. The van der Waals surface area contributed by atoms with Gasteiger partial charge in [0.15, 0.2) is 0 Å². The number of anilines is 1. The monoisotopic (exact) mass is 480 g/mol. The maximum Gasteiger partial charge on any atom is 0.251 e. The van der Waals surface area contributed by atoms with Crippen LogP contribution in [0.1, 0.15) is 46.4 Å². The molecule has 2 heterocycles. The number of carbonyl (C=O) groups is 2. The molecule has 7 heteroatoms. The van der Waals surface area contributed by atoms with Crippen molar-refractivity contribution in [1.29, 1.82) is 0 Å². The fourth-order valence-electron chi connectivity index (χ4n) is 4.61. The summed E-state index contributed by atoms with van der Waals surface area (Å²) in [4.78, 5) is 26.6. The second-order valence-corrected chi connectivity index (χ2v) is 8.80. The summed E-state index contributed by atoms with van der Waals surface area (Å²) >= 11 is 0. The van der Waals surface area contributed by atoms with Crippen LogP contribution in [0.5, 0.6) is 5.75 Å². The van der Waals surface area contributed by atoms with Gasteiger partial charge in [-0.3, -0.25) is 9.59 Å². The van der Waals surface area contributed by atoms with Crippen molar-refractivity contribution in [1.82, 2.24) is 15.1 Å². The van der Waals surface area contributed by atoms with Gasteiger partial charge >= 0.3 is 0 Å². The minimum absolute atomic E-state index is 0.292. The molecule has 0 fully saturated rings. The number of para-hydroxylation sites is 1. The predicted octanol–water partition coefficient (Wildman–Crippen LogP) is 4.85. The van der Waals surface area contributed by atoms with Crippen molar-refractivity contribution in [2.45, 2.75) is 32.2 Å². The molecule has 0 spiro atoms. The van der Waals surface area contributed by atoms with E-state index in [1.807, 2.05) is 67.6 Å². The Bertz CT molecular complexity index is 1370. The Morgan fingerprint density at radius 2 is 1.67 bits per heavy atom. The van der Waals surface area contributed by atoms with E-state index in [0.29, 0.717) is 18.0 Å². The lowest BCUT2D eigenvalue weighted by Gasteiger charge is -2.33. The molecule has 7 nitrogen and oxygen atoms in total. The van der Waals surface area contributed by atoms with Crippen LogP contribution >= 0.6 is 0 Å². The third-order valence-corrected chi connectivity index (χ3v) is 6.31. The molecule has 0 aliphatic carbocycles. The zero-order valence-corrected chi connectivity index (χ0v) is 20.3. The lowest BCUT2D eigenvalue weighted by molar-refractivity contribution is -0.118. The van der Waals surface area contributed by atoms with E-state index in [0.717, 1.165) is 34.7 Å². The first-order valence-corrected chi connectivity index (χ1v) is 12.1. The molecule has 182 valence electrons. The number of amides is 2. The van der Waals surface area contributed by atoms with Crippen LogP contribution < -0.4 is 15.4 Å². The lowest BCUT2D eigenvalue weighted by Crippen LogP contribution is -2.50. The molecular weight excluding hydrogens is 452 g/mol. The highest BCUT2D eigenvalue weighted by molar-refractivity contribution is 6.04. The van der Waals surface area contributed by atoms with Crippen LogP contribution in [0.4, 0.5) is 5.82 Å². The number of nitrogens with one attached hydrogen (secondary N) is 2. The lowest BCUT2D eigenvalue weighted by atomic mass is 9.81. The fraction of sp³-hybridized carbons (Fsp3) is 0.207. The number of nitrogens with zero attached hydrogens (tertiary/aromatic N) is 2. The van der Waals surface area contributed by atoms with Gasteiger partial charge < -0.3 is 15.4 Å². The van der Waals surface area contributed by atoms with Crippen molar-refractivity contribution in [3.05, 3.63) is 107 Å². The van der Waals surface area contributed by atoms with E-state index in [1.54, 1.807) is 28.9 Å². The molecule has 2 atom stereocenters. The predicted molar refractivity (Wildman–Crippen MR) is 139 cm³/mol. The fourth-order valence-corrected chi connectivity index (χ4v) is 4.61. The van der Waals surface area contributed by atoms with Crippen molar-refractivity contribution >= 4 is 17.6 Å². The molecule has 36 heavy (non-hydrogen) atoms. The van der Waals surface area contributed by atoms with E-state index < -0.39 is 12.0 Å². The molecule has 0 unspecified atom stereocenters. The van der Waals surface area contributed by atoms with Crippen LogP contribution in [0, 0.1) is 6.92 Å². The van der Waals surface area contributed by atoms with E-state index in [9.17, 15) is 9.59 Å². The summed E-state index contributed by atoms with van der Waals surface area (Å²) in [6, 6.07) is 25.5. The summed E-state index contributed by atoms with van der Waals surface area (Å²) < 4.78 is 7.51. The Balaban J connectivity index is 1.59. The first kappa shape index (κ1) is 23.4. The third kappa shape index (κ3) is 4.47. The minimum atomic E-state index is -0.820. The summed E-state index contributed by atoms with van der Waals surface area (Å²) in [7, 11) is 0. The maximum absolute atomic E-state index is 13.5. The zero-order valence-electron chi connectivity index (χ0n) is 20.3. The van der Waals surface area contributed by atoms with Crippen LogP contribution in [0.15, 0.2) is 84.9 Å².